The van der Waals surface area contributed by atoms with Crippen molar-refractivity contribution in [3.8, 4) is 5.69 Å². The summed E-state index contributed by atoms with van der Waals surface area (Å²) in [5, 5.41) is 14.5. The minimum Gasteiger partial charge on any atom is -0.376 e. The molecule has 1 N–H and O–H groups in total. The fourth-order valence-electron chi connectivity index (χ4n) is 2.27. The van der Waals surface area contributed by atoms with Crippen molar-refractivity contribution in [2.24, 2.45) is 0 Å². The Hall–Kier alpha value is -2.34. The zero-order valence-electron chi connectivity index (χ0n) is 11.7. The van der Waals surface area contributed by atoms with Gasteiger partial charge in [0.15, 0.2) is 5.60 Å². The molecule has 0 bridgehead atoms. The molecule has 2 aromatic carbocycles. The maximum atomic E-state index is 12.9. The van der Waals surface area contributed by atoms with Crippen LogP contribution in [0.2, 0.25) is 0 Å². The fourth-order valence-corrected chi connectivity index (χ4v) is 2.27. The maximum Gasteiger partial charge on any atom is 0.421 e. The van der Waals surface area contributed by atoms with E-state index in [-0.39, 0.29) is 5.56 Å². The summed E-state index contributed by atoms with van der Waals surface area (Å²) >= 11 is 0. The Morgan fingerprint density at radius 2 is 1.73 bits per heavy atom. The van der Waals surface area contributed by atoms with Gasteiger partial charge in [0.25, 0.3) is 0 Å². The lowest BCUT2D eigenvalue weighted by Gasteiger charge is -2.26. The van der Waals surface area contributed by atoms with Gasteiger partial charge in [-0.3, -0.25) is 0 Å². The molecule has 1 unspecified atom stereocenters. The topological polar surface area (TPSA) is 38.1 Å². The summed E-state index contributed by atoms with van der Waals surface area (Å²) in [4.78, 5) is 0. The Balaban J connectivity index is 2.11. The summed E-state index contributed by atoms with van der Waals surface area (Å²) in [7, 11) is 0. The van der Waals surface area contributed by atoms with Crippen molar-refractivity contribution >= 4 is 10.9 Å². The highest BCUT2D eigenvalue weighted by Crippen LogP contribution is 2.39. The number of hydrogen-bond acceptors (Lipinski definition) is 2. The smallest absolute Gasteiger partial charge is 0.376 e. The number of aromatic nitrogens is 2. The largest absolute Gasteiger partial charge is 0.421 e. The summed E-state index contributed by atoms with van der Waals surface area (Å²) in [5.41, 5.74) is -1.61. The van der Waals surface area contributed by atoms with E-state index in [4.69, 9.17) is 0 Å². The third-order valence-electron chi connectivity index (χ3n) is 3.68. The first-order valence-electron chi connectivity index (χ1n) is 6.63. The van der Waals surface area contributed by atoms with Crippen LogP contribution in [-0.4, -0.2) is 21.1 Å². The van der Waals surface area contributed by atoms with Gasteiger partial charge in [0.05, 0.1) is 17.4 Å². The summed E-state index contributed by atoms with van der Waals surface area (Å²) in [6.07, 6.45) is -3.26. The lowest BCUT2D eigenvalue weighted by molar-refractivity contribution is -0.258. The number of para-hydroxylation sites is 1. The molecule has 3 rings (SSSR count). The first-order valence-corrected chi connectivity index (χ1v) is 6.63. The van der Waals surface area contributed by atoms with E-state index in [0.717, 1.165) is 12.6 Å². The molecule has 3 nitrogen and oxygen atoms in total. The van der Waals surface area contributed by atoms with Gasteiger partial charge in [-0.25, -0.2) is 4.68 Å². The molecule has 1 aromatic heterocycles. The van der Waals surface area contributed by atoms with Crippen molar-refractivity contribution in [2.45, 2.75) is 18.7 Å². The zero-order chi connectivity index (χ0) is 16.0. The minimum atomic E-state index is -4.74. The van der Waals surface area contributed by atoms with E-state index in [1.165, 1.54) is 24.4 Å². The highest BCUT2D eigenvalue weighted by molar-refractivity contribution is 5.81. The molecule has 3 aromatic rings. The second kappa shape index (κ2) is 4.84. The number of hydrogen-bond donors (Lipinski definition) is 1. The third kappa shape index (κ3) is 2.25. The Morgan fingerprint density at radius 3 is 2.36 bits per heavy atom. The van der Waals surface area contributed by atoms with Gasteiger partial charge < -0.3 is 5.11 Å². The first kappa shape index (κ1) is 14.6. The normalized spacial score (nSPS) is 15.0. The van der Waals surface area contributed by atoms with E-state index in [1.807, 2.05) is 30.3 Å². The van der Waals surface area contributed by atoms with Crippen LogP contribution in [0.15, 0.2) is 54.7 Å². The molecule has 0 radical (unpaired) electrons. The van der Waals surface area contributed by atoms with Gasteiger partial charge in [-0.1, -0.05) is 24.3 Å². The van der Waals surface area contributed by atoms with Gasteiger partial charge in [0.1, 0.15) is 0 Å². The van der Waals surface area contributed by atoms with Crippen LogP contribution in [-0.2, 0) is 5.60 Å². The molecule has 0 amide bonds. The van der Waals surface area contributed by atoms with Gasteiger partial charge in [-0.15, -0.1) is 0 Å². The van der Waals surface area contributed by atoms with Gasteiger partial charge in [0.2, 0.25) is 0 Å². The fraction of sp³-hybridized carbons (Fsp3) is 0.188. The van der Waals surface area contributed by atoms with Crippen molar-refractivity contribution in [1.29, 1.82) is 0 Å². The second-order valence-electron chi connectivity index (χ2n) is 5.24. The number of nitrogens with zero attached hydrogens (tertiary/aromatic N) is 2. The predicted molar refractivity (Wildman–Crippen MR) is 76.7 cm³/mol. The molecule has 0 saturated carbocycles. The number of benzene rings is 2. The number of rotatable bonds is 2. The third-order valence-corrected chi connectivity index (χ3v) is 3.68. The van der Waals surface area contributed by atoms with Crippen LogP contribution in [0.25, 0.3) is 16.6 Å². The molecule has 0 spiro atoms. The number of alkyl halides is 3. The lowest BCUT2D eigenvalue weighted by atomic mass is 9.94. The molecule has 0 aliphatic carbocycles. The minimum absolute atomic E-state index is 0.208. The van der Waals surface area contributed by atoms with Crippen LogP contribution in [0.3, 0.4) is 0 Å². The summed E-state index contributed by atoms with van der Waals surface area (Å²) < 4.78 is 40.4. The van der Waals surface area contributed by atoms with E-state index in [2.05, 4.69) is 5.10 Å². The van der Waals surface area contributed by atoms with Gasteiger partial charge in [0, 0.05) is 5.39 Å². The average molecular weight is 306 g/mol. The van der Waals surface area contributed by atoms with Crippen LogP contribution in [0.5, 0.6) is 0 Å². The van der Waals surface area contributed by atoms with E-state index >= 15 is 0 Å². The molecule has 114 valence electrons. The van der Waals surface area contributed by atoms with Crippen molar-refractivity contribution in [3.63, 3.8) is 0 Å². The summed E-state index contributed by atoms with van der Waals surface area (Å²) in [6, 6.07) is 13.4. The van der Waals surface area contributed by atoms with Crippen molar-refractivity contribution in [2.75, 3.05) is 0 Å². The summed E-state index contributed by atoms with van der Waals surface area (Å²) in [6.45, 7) is 0.746. The SMILES string of the molecule is CC(O)(c1ccc2c(cnn2-c2ccccc2)c1)C(F)(F)F. The van der Waals surface area contributed by atoms with Crippen LogP contribution in [0.4, 0.5) is 13.2 Å². The quantitative estimate of drug-likeness (QED) is 0.782. The molecular formula is C16H13F3N2O. The number of halogens is 3. The molecule has 0 fully saturated rings. The molecule has 0 aliphatic heterocycles. The molecule has 0 saturated heterocycles. The van der Waals surface area contributed by atoms with Crippen molar-refractivity contribution < 1.29 is 18.3 Å². The highest BCUT2D eigenvalue weighted by atomic mass is 19.4. The average Bonchev–Trinajstić information content (AvgIpc) is 2.90. The molecule has 6 heteroatoms. The Kier molecular flexibility index (Phi) is 3.21. The first-order chi connectivity index (χ1) is 10.3. The predicted octanol–water partition coefficient (Wildman–Crippen LogP) is 3.80. The second-order valence-corrected chi connectivity index (χ2v) is 5.24. The van der Waals surface area contributed by atoms with Crippen molar-refractivity contribution in [3.05, 3.63) is 60.3 Å². The molecule has 22 heavy (non-hydrogen) atoms. The van der Waals surface area contributed by atoms with Crippen molar-refractivity contribution in [1.82, 2.24) is 9.78 Å². The van der Waals surface area contributed by atoms with Crippen LogP contribution < -0.4 is 0 Å². The van der Waals surface area contributed by atoms with Crippen LogP contribution >= 0.6 is 0 Å². The van der Waals surface area contributed by atoms with E-state index < -0.39 is 11.8 Å². The Labute approximate surface area is 124 Å². The molecular weight excluding hydrogens is 293 g/mol. The number of fused-ring (bicyclic) bond motifs is 1. The lowest BCUT2D eigenvalue weighted by Crippen LogP contribution is -2.39. The molecule has 1 atom stereocenters. The highest BCUT2D eigenvalue weighted by Gasteiger charge is 2.51. The Bertz CT molecular complexity index is 807. The molecule has 1 heterocycles. The van der Waals surface area contributed by atoms with Gasteiger partial charge in [-0.05, 0) is 36.8 Å². The number of aliphatic hydroxyl groups is 1. The van der Waals surface area contributed by atoms with Crippen LogP contribution in [0, 0.1) is 0 Å². The zero-order valence-corrected chi connectivity index (χ0v) is 11.7. The van der Waals surface area contributed by atoms with E-state index in [1.54, 1.807) is 4.68 Å². The monoisotopic (exact) mass is 306 g/mol. The van der Waals surface area contributed by atoms with E-state index in [0.29, 0.717) is 10.9 Å². The summed E-state index contributed by atoms with van der Waals surface area (Å²) in [5.74, 6) is 0. The van der Waals surface area contributed by atoms with E-state index in [9.17, 15) is 18.3 Å². The van der Waals surface area contributed by atoms with Gasteiger partial charge >= 0.3 is 6.18 Å². The molecule has 0 aliphatic rings. The standard InChI is InChI=1S/C16H13F3N2O/c1-15(22,16(17,18)19)12-7-8-14-11(9-12)10-20-21(14)13-5-3-2-4-6-13/h2-10,22H,1H3. The van der Waals surface area contributed by atoms with Crippen LogP contribution in [0.1, 0.15) is 12.5 Å². The maximum absolute atomic E-state index is 12.9. The Morgan fingerprint density at radius 1 is 1.05 bits per heavy atom. The van der Waals surface area contributed by atoms with Gasteiger partial charge in [-0.2, -0.15) is 18.3 Å².